The first-order valence-corrected chi connectivity index (χ1v) is 11.7. The fourth-order valence-electron chi connectivity index (χ4n) is 4.26. The molecule has 3 rings (SSSR count). The Kier molecular flexibility index (Phi) is 8.44. The SMILES string of the molecule is CCCNC(=O)N1CCc2cc(OC)c(OC)cc2C1C(CC)NC(=O)c1cccc(Cl)c1. The topological polar surface area (TPSA) is 79.9 Å². The summed E-state index contributed by atoms with van der Waals surface area (Å²) in [6, 6.07) is 9.90. The highest BCUT2D eigenvalue weighted by atomic mass is 35.5. The summed E-state index contributed by atoms with van der Waals surface area (Å²) >= 11 is 6.08. The van der Waals surface area contributed by atoms with E-state index in [0.29, 0.717) is 48.0 Å². The Labute approximate surface area is 200 Å². The van der Waals surface area contributed by atoms with Crippen molar-refractivity contribution < 1.29 is 19.1 Å². The van der Waals surface area contributed by atoms with Crippen molar-refractivity contribution in [2.75, 3.05) is 27.3 Å². The second-order valence-corrected chi connectivity index (χ2v) is 8.46. The minimum Gasteiger partial charge on any atom is -0.493 e. The number of amides is 3. The first-order valence-electron chi connectivity index (χ1n) is 11.3. The van der Waals surface area contributed by atoms with Crippen LogP contribution in [-0.2, 0) is 6.42 Å². The number of halogens is 1. The van der Waals surface area contributed by atoms with E-state index in [1.165, 1.54) is 0 Å². The molecule has 0 aliphatic carbocycles. The number of carbonyl (C=O) groups excluding carboxylic acids is 2. The average Bonchev–Trinajstić information content (AvgIpc) is 2.84. The quantitative estimate of drug-likeness (QED) is 0.588. The molecule has 2 unspecified atom stereocenters. The van der Waals surface area contributed by atoms with Crippen molar-refractivity contribution in [1.29, 1.82) is 0 Å². The van der Waals surface area contributed by atoms with Crippen molar-refractivity contribution in [3.8, 4) is 11.5 Å². The van der Waals surface area contributed by atoms with Crippen molar-refractivity contribution in [2.24, 2.45) is 0 Å². The van der Waals surface area contributed by atoms with Crippen LogP contribution in [0.2, 0.25) is 5.02 Å². The van der Waals surface area contributed by atoms with Gasteiger partial charge in [0, 0.05) is 23.7 Å². The molecule has 7 nitrogen and oxygen atoms in total. The monoisotopic (exact) mass is 473 g/mol. The second-order valence-electron chi connectivity index (χ2n) is 8.02. The third-order valence-electron chi connectivity index (χ3n) is 5.93. The van der Waals surface area contributed by atoms with Gasteiger partial charge in [-0.05, 0) is 60.7 Å². The lowest BCUT2D eigenvalue weighted by Gasteiger charge is -2.42. The third-order valence-corrected chi connectivity index (χ3v) is 6.17. The Morgan fingerprint density at radius 3 is 2.52 bits per heavy atom. The standard InChI is InChI=1S/C25H32ClN3O4/c1-5-11-27-25(31)29-12-10-16-14-21(32-3)22(33-4)15-19(16)23(29)20(6-2)28-24(30)17-8-7-9-18(26)13-17/h7-9,13-15,20,23H,5-6,10-12H2,1-4H3,(H,27,31)(H,28,30). The van der Waals surface area contributed by atoms with Gasteiger partial charge in [-0.3, -0.25) is 4.79 Å². The molecule has 1 aliphatic rings. The van der Waals surface area contributed by atoms with Crippen molar-refractivity contribution >= 4 is 23.5 Å². The van der Waals surface area contributed by atoms with Gasteiger partial charge in [0.2, 0.25) is 0 Å². The number of hydrogen-bond acceptors (Lipinski definition) is 4. The summed E-state index contributed by atoms with van der Waals surface area (Å²) in [7, 11) is 3.20. The van der Waals surface area contributed by atoms with E-state index in [-0.39, 0.29) is 24.0 Å². The number of benzene rings is 2. The lowest BCUT2D eigenvalue weighted by molar-refractivity contribution is 0.0888. The molecule has 2 N–H and O–H groups in total. The van der Waals surface area contributed by atoms with Crippen molar-refractivity contribution in [3.05, 3.63) is 58.1 Å². The Morgan fingerprint density at radius 1 is 1.15 bits per heavy atom. The van der Waals surface area contributed by atoms with Gasteiger partial charge in [0.05, 0.1) is 26.3 Å². The van der Waals surface area contributed by atoms with Crippen LogP contribution < -0.4 is 20.1 Å². The van der Waals surface area contributed by atoms with Crippen LogP contribution in [0.25, 0.3) is 0 Å². The number of methoxy groups -OCH3 is 2. The summed E-state index contributed by atoms with van der Waals surface area (Å²) in [6.45, 7) is 5.14. The zero-order chi connectivity index (χ0) is 24.0. The van der Waals surface area contributed by atoms with Crippen LogP contribution in [-0.4, -0.2) is 50.2 Å². The van der Waals surface area contributed by atoms with E-state index in [2.05, 4.69) is 10.6 Å². The molecule has 33 heavy (non-hydrogen) atoms. The van der Waals surface area contributed by atoms with Gasteiger partial charge < -0.3 is 25.0 Å². The number of ether oxygens (including phenoxy) is 2. The van der Waals surface area contributed by atoms with Gasteiger partial charge in [-0.25, -0.2) is 4.79 Å². The van der Waals surface area contributed by atoms with E-state index in [0.717, 1.165) is 17.5 Å². The molecular weight excluding hydrogens is 442 g/mol. The molecule has 2 aromatic carbocycles. The number of hydrogen-bond donors (Lipinski definition) is 2. The van der Waals surface area contributed by atoms with E-state index < -0.39 is 0 Å². The first-order chi connectivity index (χ1) is 15.9. The lowest BCUT2D eigenvalue weighted by Crippen LogP contribution is -2.53. The molecule has 8 heteroatoms. The molecule has 0 bridgehead atoms. The molecule has 2 atom stereocenters. The number of fused-ring (bicyclic) bond motifs is 1. The van der Waals surface area contributed by atoms with Crippen LogP contribution in [0.4, 0.5) is 4.79 Å². The molecule has 0 aromatic heterocycles. The van der Waals surface area contributed by atoms with Crippen LogP contribution in [0.5, 0.6) is 11.5 Å². The summed E-state index contributed by atoms with van der Waals surface area (Å²) in [5.41, 5.74) is 2.50. The van der Waals surface area contributed by atoms with Gasteiger partial charge in [-0.15, -0.1) is 0 Å². The largest absolute Gasteiger partial charge is 0.493 e. The predicted molar refractivity (Wildman–Crippen MR) is 129 cm³/mol. The molecule has 178 valence electrons. The number of nitrogens with one attached hydrogen (secondary N) is 2. The maximum Gasteiger partial charge on any atom is 0.317 e. The van der Waals surface area contributed by atoms with Crippen molar-refractivity contribution in [1.82, 2.24) is 15.5 Å². The maximum absolute atomic E-state index is 13.1. The highest BCUT2D eigenvalue weighted by Crippen LogP contribution is 2.40. The van der Waals surface area contributed by atoms with Crippen LogP contribution in [0.15, 0.2) is 36.4 Å². The summed E-state index contributed by atoms with van der Waals surface area (Å²) in [5.74, 6) is 1.01. The molecule has 0 radical (unpaired) electrons. The van der Waals surface area contributed by atoms with Gasteiger partial charge in [-0.1, -0.05) is 31.5 Å². The summed E-state index contributed by atoms with van der Waals surface area (Å²) < 4.78 is 11.0. The lowest BCUT2D eigenvalue weighted by atomic mass is 9.86. The minimum atomic E-state index is -0.362. The highest BCUT2D eigenvalue weighted by Gasteiger charge is 2.37. The maximum atomic E-state index is 13.1. The van der Waals surface area contributed by atoms with E-state index in [1.54, 1.807) is 38.5 Å². The summed E-state index contributed by atoms with van der Waals surface area (Å²) in [5, 5.41) is 6.62. The van der Waals surface area contributed by atoms with Gasteiger partial charge in [0.25, 0.3) is 5.91 Å². The Hall–Kier alpha value is -2.93. The molecule has 0 spiro atoms. The Balaban J connectivity index is 2.01. The third kappa shape index (κ3) is 5.53. The minimum absolute atomic E-state index is 0.141. The Morgan fingerprint density at radius 2 is 1.88 bits per heavy atom. The zero-order valence-electron chi connectivity index (χ0n) is 19.6. The molecule has 1 aliphatic heterocycles. The van der Waals surface area contributed by atoms with Gasteiger partial charge in [-0.2, -0.15) is 0 Å². The molecule has 1 heterocycles. The highest BCUT2D eigenvalue weighted by molar-refractivity contribution is 6.30. The fourth-order valence-corrected chi connectivity index (χ4v) is 4.45. The summed E-state index contributed by atoms with van der Waals surface area (Å²) in [4.78, 5) is 28.0. The van der Waals surface area contributed by atoms with Gasteiger partial charge >= 0.3 is 6.03 Å². The van der Waals surface area contributed by atoms with Crippen molar-refractivity contribution in [3.63, 3.8) is 0 Å². The number of carbonyl (C=O) groups is 2. The van der Waals surface area contributed by atoms with Crippen LogP contribution in [0.3, 0.4) is 0 Å². The summed E-state index contributed by atoms with van der Waals surface area (Å²) in [6.07, 6.45) is 2.15. The van der Waals surface area contributed by atoms with Crippen molar-refractivity contribution in [2.45, 2.75) is 45.2 Å². The normalized spacial score (nSPS) is 15.9. The zero-order valence-corrected chi connectivity index (χ0v) is 20.4. The molecule has 3 amide bonds. The smallest absolute Gasteiger partial charge is 0.317 e. The van der Waals surface area contributed by atoms with Crippen LogP contribution in [0, 0.1) is 0 Å². The molecule has 2 aromatic rings. The molecular formula is C25H32ClN3O4. The van der Waals surface area contributed by atoms with Crippen LogP contribution in [0.1, 0.15) is 54.2 Å². The molecule has 0 fully saturated rings. The van der Waals surface area contributed by atoms with E-state index in [4.69, 9.17) is 21.1 Å². The number of rotatable bonds is 8. The average molecular weight is 474 g/mol. The first kappa shape index (κ1) is 24.7. The molecule has 0 saturated heterocycles. The van der Waals surface area contributed by atoms with Gasteiger partial charge in [0.15, 0.2) is 11.5 Å². The Bertz CT molecular complexity index is 998. The number of urea groups is 1. The molecule has 0 saturated carbocycles. The van der Waals surface area contributed by atoms with E-state index >= 15 is 0 Å². The van der Waals surface area contributed by atoms with E-state index in [1.807, 2.05) is 30.9 Å². The predicted octanol–water partition coefficient (Wildman–Crippen LogP) is 4.58. The second kappa shape index (κ2) is 11.3. The van der Waals surface area contributed by atoms with Gasteiger partial charge in [0.1, 0.15) is 0 Å². The number of nitrogens with zero attached hydrogens (tertiary/aromatic N) is 1. The van der Waals surface area contributed by atoms with E-state index in [9.17, 15) is 9.59 Å². The van der Waals surface area contributed by atoms with Crippen LogP contribution >= 0.6 is 11.6 Å². The fraction of sp³-hybridized carbons (Fsp3) is 0.440.